The molecule has 1 unspecified atom stereocenters. The van der Waals surface area contributed by atoms with Crippen molar-refractivity contribution < 1.29 is 14.8 Å². The Morgan fingerprint density at radius 1 is 1.39 bits per heavy atom. The van der Waals surface area contributed by atoms with E-state index < -0.39 is 9.43 Å². The smallest absolute Gasteiger partial charge is 0.269 e. The summed E-state index contributed by atoms with van der Waals surface area (Å²) >= 11 is 3.12. The molecule has 1 aliphatic carbocycles. The van der Waals surface area contributed by atoms with Gasteiger partial charge in [0.05, 0.1) is 4.92 Å². The first-order chi connectivity index (χ1) is 8.46. The molecule has 0 spiro atoms. The largest absolute Gasteiger partial charge is 0.458 e. The van der Waals surface area contributed by atoms with E-state index in [0.717, 1.165) is 0 Å². The molecule has 1 aromatic carbocycles. The van der Waals surface area contributed by atoms with Crippen molar-refractivity contribution in [1.29, 1.82) is 0 Å². The predicted molar refractivity (Wildman–Crippen MR) is 69.4 cm³/mol. The lowest BCUT2D eigenvalue weighted by molar-refractivity contribution is -0.384. The molecule has 0 amide bonds. The number of nitrogens with zero attached hydrogens (tertiary/aromatic N) is 1. The summed E-state index contributed by atoms with van der Waals surface area (Å²) in [6, 6.07) is 5.82. The molecule has 94 valence electrons. The summed E-state index contributed by atoms with van der Waals surface area (Å²) in [6.45, 7) is 0. The van der Waals surface area contributed by atoms with Gasteiger partial charge in [0.25, 0.3) is 5.69 Å². The fraction of sp³-hybridized carbons (Fsp3) is 0.167. The third-order valence-corrected chi connectivity index (χ3v) is 2.96. The van der Waals surface area contributed by atoms with Crippen molar-refractivity contribution in [2.24, 2.45) is 0 Å². The molecule has 0 saturated carbocycles. The van der Waals surface area contributed by atoms with Crippen LogP contribution in [0.5, 0.6) is 5.75 Å². The van der Waals surface area contributed by atoms with Crippen LogP contribution < -0.4 is 4.74 Å². The quantitative estimate of drug-likeness (QED) is 0.529. The maximum absolute atomic E-state index is 10.5. The summed E-state index contributed by atoms with van der Waals surface area (Å²) in [5.74, 6) is 1.10. The third kappa shape index (κ3) is 3.18. The van der Waals surface area contributed by atoms with E-state index in [2.05, 4.69) is 15.9 Å². The van der Waals surface area contributed by atoms with E-state index in [-0.39, 0.29) is 5.69 Å². The summed E-state index contributed by atoms with van der Waals surface area (Å²) in [5, 5.41) is 20.1. The van der Waals surface area contributed by atoms with E-state index in [1.807, 2.05) is 0 Å². The standard InChI is InChI=1S/C12H10BrNO4/c13-12(15)7-5-11(6-8-12)18-10-3-1-9(2-4-10)14(16)17/h1-7,15H,8H2. The second kappa shape index (κ2) is 4.91. The van der Waals surface area contributed by atoms with E-state index in [1.165, 1.54) is 24.3 Å². The number of aliphatic hydroxyl groups is 1. The number of halogens is 1. The highest BCUT2D eigenvalue weighted by Crippen LogP contribution is 2.28. The highest BCUT2D eigenvalue weighted by atomic mass is 79.9. The van der Waals surface area contributed by atoms with Crippen LogP contribution in [0.15, 0.2) is 48.3 Å². The molecule has 0 heterocycles. The van der Waals surface area contributed by atoms with Crippen LogP contribution in [0.1, 0.15) is 6.42 Å². The molecule has 1 atom stereocenters. The number of alkyl halides is 1. The number of nitro benzene ring substituents is 1. The number of hydrogen-bond donors (Lipinski definition) is 1. The monoisotopic (exact) mass is 311 g/mol. The summed E-state index contributed by atoms with van der Waals surface area (Å²) in [6.07, 6.45) is 5.34. The van der Waals surface area contributed by atoms with Crippen molar-refractivity contribution in [3.05, 3.63) is 58.4 Å². The summed E-state index contributed by atoms with van der Waals surface area (Å²) in [4.78, 5) is 10.0. The Labute approximate surface area is 112 Å². The number of hydrogen-bond acceptors (Lipinski definition) is 4. The number of nitro groups is 1. The molecule has 5 nitrogen and oxygen atoms in total. The van der Waals surface area contributed by atoms with Gasteiger partial charge in [-0.15, -0.1) is 0 Å². The Kier molecular flexibility index (Phi) is 3.49. The molecule has 1 aliphatic rings. The maximum Gasteiger partial charge on any atom is 0.269 e. The van der Waals surface area contributed by atoms with Crippen LogP contribution in [0.2, 0.25) is 0 Å². The van der Waals surface area contributed by atoms with Crippen molar-refractivity contribution in [2.75, 3.05) is 0 Å². The molecular formula is C12H10BrNO4. The van der Waals surface area contributed by atoms with Crippen LogP contribution in [-0.2, 0) is 0 Å². The van der Waals surface area contributed by atoms with Gasteiger partial charge in [-0.05, 0) is 46.3 Å². The minimum Gasteiger partial charge on any atom is -0.458 e. The highest BCUT2D eigenvalue weighted by molar-refractivity contribution is 9.10. The lowest BCUT2D eigenvalue weighted by Gasteiger charge is -2.19. The minimum absolute atomic E-state index is 0.0188. The number of rotatable bonds is 3. The third-order valence-electron chi connectivity index (χ3n) is 2.38. The van der Waals surface area contributed by atoms with Gasteiger partial charge in [-0.1, -0.05) is 0 Å². The molecule has 1 aromatic rings. The Morgan fingerprint density at radius 2 is 2.06 bits per heavy atom. The number of benzene rings is 1. The molecule has 0 fully saturated rings. The van der Waals surface area contributed by atoms with E-state index >= 15 is 0 Å². The fourth-order valence-corrected chi connectivity index (χ4v) is 1.73. The Morgan fingerprint density at radius 3 is 2.56 bits per heavy atom. The zero-order valence-electron chi connectivity index (χ0n) is 9.25. The van der Waals surface area contributed by atoms with Crippen molar-refractivity contribution in [3.8, 4) is 5.75 Å². The number of allylic oxidation sites excluding steroid dienone is 1. The first kappa shape index (κ1) is 12.8. The average molecular weight is 312 g/mol. The van der Waals surface area contributed by atoms with Gasteiger partial charge in [0, 0.05) is 18.6 Å². The maximum atomic E-state index is 10.5. The van der Waals surface area contributed by atoms with Crippen LogP contribution in [0.25, 0.3) is 0 Å². The number of ether oxygens (including phenoxy) is 1. The van der Waals surface area contributed by atoms with Crippen LogP contribution in [0.3, 0.4) is 0 Å². The van der Waals surface area contributed by atoms with E-state index in [0.29, 0.717) is 17.9 Å². The number of non-ortho nitro benzene ring substituents is 1. The lowest BCUT2D eigenvalue weighted by atomic mass is 10.1. The first-order valence-electron chi connectivity index (χ1n) is 5.19. The van der Waals surface area contributed by atoms with Gasteiger partial charge < -0.3 is 9.84 Å². The van der Waals surface area contributed by atoms with Crippen LogP contribution in [0, 0.1) is 10.1 Å². The molecule has 18 heavy (non-hydrogen) atoms. The highest BCUT2D eigenvalue weighted by Gasteiger charge is 2.21. The molecule has 0 bridgehead atoms. The van der Waals surface area contributed by atoms with Gasteiger partial charge in [-0.25, -0.2) is 0 Å². The summed E-state index contributed by atoms with van der Waals surface area (Å²) in [7, 11) is 0. The Bertz CT molecular complexity index is 519. The molecule has 1 N–H and O–H groups in total. The Balaban J connectivity index is 2.05. The zero-order valence-corrected chi connectivity index (χ0v) is 10.8. The van der Waals surface area contributed by atoms with Gasteiger partial charge in [0.2, 0.25) is 0 Å². The first-order valence-corrected chi connectivity index (χ1v) is 5.99. The Hall–Kier alpha value is -1.66. The van der Waals surface area contributed by atoms with E-state index in [9.17, 15) is 15.2 Å². The van der Waals surface area contributed by atoms with Crippen molar-refractivity contribution in [3.63, 3.8) is 0 Å². The van der Waals surface area contributed by atoms with Crippen molar-refractivity contribution in [2.45, 2.75) is 10.9 Å². The molecule has 0 aromatic heterocycles. The molecule has 0 radical (unpaired) electrons. The second-order valence-electron chi connectivity index (χ2n) is 3.82. The second-order valence-corrected chi connectivity index (χ2v) is 5.19. The fourth-order valence-electron chi connectivity index (χ4n) is 1.44. The summed E-state index contributed by atoms with van der Waals surface area (Å²) < 4.78 is 4.48. The van der Waals surface area contributed by atoms with Gasteiger partial charge in [-0.2, -0.15) is 0 Å². The normalized spacial score (nSPS) is 22.4. The lowest BCUT2D eigenvalue weighted by Crippen LogP contribution is -2.18. The van der Waals surface area contributed by atoms with Gasteiger partial charge in [-0.3, -0.25) is 10.1 Å². The van der Waals surface area contributed by atoms with Crippen molar-refractivity contribution in [1.82, 2.24) is 0 Å². The molecule has 2 rings (SSSR count). The predicted octanol–water partition coefficient (Wildman–Crippen LogP) is 2.90. The minimum atomic E-state index is -1.02. The molecule has 6 heteroatoms. The van der Waals surface area contributed by atoms with E-state index in [4.69, 9.17) is 4.74 Å². The van der Waals surface area contributed by atoms with Crippen LogP contribution >= 0.6 is 15.9 Å². The molecule has 0 saturated heterocycles. The van der Waals surface area contributed by atoms with Crippen LogP contribution in [0.4, 0.5) is 5.69 Å². The van der Waals surface area contributed by atoms with Gasteiger partial charge in [0.1, 0.15) is 16.0 Å². The zero-order chi connectivity index (χ0) is 13.2. The average Bonchev–Trinajstić information content (AvgIpc) is 2.33. The summed E-state index contributed by atoms with van der Waals surface area (Å²) in [5.41, 5.74) is 0.0188. The van der Waals surface area contributed by atoms with Crippen molar-refractivity contribution >= 4 is 21.6 Å². The van der Waals surface area contributed by atoms with Gasteiger partial charge >= 0.3 is 0 Å². The SMILES string of the molecule is O=[N+]([O-])c1ccc(OC2=CCC(O)(Br)C=C2)cc1. The molecular weight excluding hydrogens is 302 g/mol. The topological polar surface area (TPSA) is 72.6 Å². The van der Waals surface area contributed by atoms with Gasteiger partial charge in [0.15, 0.2) is 0 Å². The van der Waals surface area contributed by atoms with Crippen LogP contribution in [-0.4, -0.2) is 14.5 Å². The molecule has 0 aliphatic heterocycles. The van der Waals surface area contributed by atoms with E-state index in [1.54, 1.807) is 18.2 Å².